The molecule has 0 fully saturated rings. The first-order chi connectivity index (χ1) is 21.6. The summed E-state index contributed by atoms with van der Waals surface area (Å²) in [5.74, 6) is -0.715. The molecular formula is C39H76O5. The molecular weight excluding hydrogens is 548 g/mol. The smallest absolute Gasteiger partial charge is 0.306 e. The molecule has 0 spiro atoms. The number of unbranched alkanes of at least 4 members (excludes halogenated alkanes) is 28. The number of ketones is 1. The molecule has 0 rings (SSSR count). The van der Waals surface area contributed by atoms with Crippen molar-refractivity contribution in [1.29, 1.82) is 0 Å². The van der Waals surface area contributed by atoms with E-state index >= 15 is 0 Å². The van der Waals surface area contributed by atoms with Crippen molar-refractivity contribution < 1.29 is 24.5 Å². The van der Waals surface area contributed by atoms with E-state index in [0.29, 0.717) is 0 Å². The Morgan fingerprint density at radius 1 is 0.455 bits per heavy atom. The van der Waals surface area contributed by atoms with Gasteiger partial charge in [0.15, 0.2) is 11.9 Å². The van der Waals surface area contributed by atoms with E-state index in [0.717, 1.165) is 38.5 Å². The van der Waals surface area contributed by atoms with Crippen molar-refractivity contribution in [3.05, 3.63) is 0 Å². The van der Waals surface area contributed by atoms with Gasteiger partial charge in [0.2, 0.25) is 0 Å². The average molecular weight is 625 g/mol. The fraction of sp³-hybridized carbons (Fsp3) is 0.949. The summed E-state index contributed by atoms with van der Waals surface area (Å²) in [5.41, 5.74) is 0. The van der Waals surface area contributed by atoms with Crippen LogP contribution in [-0.2, 0) is 14.3 Å². The Morgan fingerprint density at radius 2 is 0.727 bits per heavy atom. The highest BCUT2D eigenvalue weighted by Crippen LogP contribution is 2.17. The third-order valence-electron chi connectivity index (χ3n) is 9.12. The number of aliphatic hydroxyl groups is 2. The number of carbonyl (C=O) groups is 2. The molecule has 0 aliphatic heterocycles. The molecule has 2 atom stereocenters. The number of Topliss-reactive ketones (excluding diaryl/α,β-unsaturated/α-hetero) is 1. The Labute approximate surface area is 274 Å². The SMILES string of the molecule is CCCCCCCCCCCCCCCCCC(=O)OC(C(=O)CCCCCCCCCCCCCCCCC)C(O)CO. The molecule has 0 aromatic rings. The van der Waals surface area contributed by atoms with E-state index in [1.165, 1.54) is 154 Å². The number of esters is 1. The number of aliphatic hydroxyl groups excluding tert-OH is 2. The molecule has 0 radical (unpaired) electrons. The van der Waals surface area contributed by atoms with E-state index in [9.17, 15) is 19.8 Å². The van der Waals surface area contributed by atoms with Crippen LogP contribution in [0, 0.1) is 0 Å². The second-order valence-electron chi connectivity index (χ2n) is 13.5. The van der Waals surface area contributed by atoms with Gasteiger partial charge in [0, 0.05) is 12.8 Å². The van der Waals surface area contributed by atoms with E-state index in [2.05, 4.69) is 13.8 Å². The van der Waals surface area contributed by atoms with Gasteiger partial charge < -0.3 is 14.9 Å². The van der Waals surface area contributed by atoms with Crippen LogP contribution in [-0.4, -0.2) is 40.8 Å². The summed E-state index contributed by atoms with van der Waals surface area (Å²) in [6.45, 7) is 3.95. The van der Waals surface area contributed by atoms with Crippen LogP contribution in [0.25, 0.3) is 0 Å². The largest absolute Gasteiger partial charge is 0.451 e. The van der Waals surface area contributed by atoms with Crippen LogP contribution in [0.4, 0.5) is 0 Å². The molecule has 0 amide bonds. The molecule has 0 heterocycles. The maximum atomic E-state index is 12.7. The summed E-state index contributed by atoms with van der Waals surface area (Å²) in [6.07, 6.45) is 35.9. The lowest BCUT2D eigenvalue weighted by Gasteiger charge is -2.20. The monoisotopic (exact) mass is 625 g/mol. The van der Waals surface area contributed by atoms with Gasteiger partial charge in [0.1, 0.15) is 6.10 Å². The van der Waals surface area contributed by atoms with Gasteiger partial charge in [-0.15, -0.1) is 0 Å². The third kappa shape index (κ3) is 29.8. The topological polar surface area (TPSA) is 83.8 Å². The van der Waals surface area contributed by atoms with Crippen LogP contribution >= 0.6 is 0 Å². The lowest BCUT2D eigenvalue weighted by molar-refractivity contribution is -0.163. The molecule has 0 aromatic heterocycles. The van der Waals surface area contributed by atoms with Gasteiger partial charge >= 0.3 is 5.97 Å². The summed E-state index contributed by atoms with van der Waals surface area (Å²) in [4.78, 5) is 25.0. The number of hydrogen-bond donors (Lipinski definition) is 2. The second-order valence-corrected chi connectivity index (χ2v) is 13.5. The summed E-state index contributed by atoms with van der Waals surface area (Å²) in [7, 11) is 0. The van der Waals surface area contributed by atoms with Crippen LogP contribution in [0.2, 0.25) is 0 Å². The van der Waals surface area contributed by atoms with Crippen molar-refractivity contribution >= 4 is 11.8 Å². The predicted molar refractivity (Wildman–Crippen MR) is 187 cm³/mol. The molecule has 2 N–H and O–H groups in total. The van der Waals surface area contributed by atoms with Crippen LogP contribution in [0.5, 0.6) is 0 Å². The molecule has 0 saturated heterocycles. The zero-order chi connectivity index (χ0) is 32.4. The van der Waals surface area contributed by atoms with Crippen LogP contribution in [0.3, 0.4) is 0 Å². The Kier molecular flexibility index (Phi) is 34.2. The van der Waals surface area contributed by atoms with Gasteiger partial charge in [0.25, 0.3) is 0 Å². The number of rotatable bonds is 36. The first-order valence-electron chi connectivity index (χ1n) is 19.6. The fourth-order valence-electron chi connectivity index (χ4n) is 6.11. The normalized spacial score (nSPS) is 12.8. The summed E-state index contributed by atoms with van der Waals surface area (Å²) in [5, 5.41) is 19.5. The molecule has 262 valence electrons. The minimum atomic E-state index is -1.34. The minimum absolute atomic E-state index is 0.263. The van der Waals surface area contributed by atoms with Gasteiger partial charge in [-0.2, -0.15) is 0 Å². The second kappa shape index (κ2) is 34.9. The standard InChI is InChI=1S/C39H76O5/c1-3-5-7-9-11-13-15-17-19-21-23-25-27-29-31-33-36(41)39(37(42)35-40)44-38(43)34-32-30-28-26-24-22-20-18-16-14-12-10-8-6-4-2/h37,39-40,42H,3-35H2,1-2H3. The van der Waals surface area contributed by atoms with Crippen molar-refractivity contribution in [2.24, 2.45) is 0 Å². The van der Waals surface area contributed by atoms with Gasteiger partial charge in [-0.1, -0.05) is 194 Å². The highest BCUT2D eigenvalue weighted by atomic mass is 16.6. The molecule has 44 heavy (non-hydrogen) atoms. The van der Waals surface area contributed by atoms with Crippen LogP contribution in [0.1, 0.15) is 219 Å². The van der Waals surface area contributed by atoms with Gasteiger partial charge in [0.05, 0.1) is 6.61 Å². The third-order valence-corrected chi connectivity index (χ3v) is 9.12. The van der Waals surface area contributed by atoms with Crippen LogP contribution < -0.4 is 0 Å². The van der Waals surface area contributed by atoms with E-state index < -0.39 is 24.8 Å². The Morgan fingerprint density at radius 3 is 1.02 bits per heavy atom. The summed E-state index contributed by atoms with van der Waals surface area (Å²) < 4.78 is 5.36. The van der Waals surface area contributed by atoms with Crippen molar-refractivity contribution in [1.82, 2.24) is 0 Å². The average Bonchev–Trinajstić information content (AvgIpc) is 3.03. The van der Waals surface area contributed by atoms with Crippen LogP contribution in [0.15, 0.2) is 0 Å². The Hall–Kier alpha value is -0.940. The molecule has 0 bridgehead atoms. The molecule has 0 saturated carbocycles. The van der Waals surface area contributed by atoms with E-state index in [1.54, 1.807) is 0 Å². The molecule has 2 unspecified atom stereocenters. The lowest BCUT2D eigenvalue weighted by Crippen LogP contribution is -2.40. The summed E-state index contributed by atoms with van der Waals surface area (Å²) in [6, 6.07) is 0. The maximum absolute atomic E-state index is 12.7. The van der Waals surface area contributed by atoms with E-state index in [-0.39, 0.29) is 18.6 Å². The predicted octanol–water partition coefficient (Wildman–Crippen LogP) is 11.3. The molecule has 5 heteroatoms. The molecule has 0 aromatic carbocycles. The lowest BCUT2D eigenvalue weighted by atomic mass is 10.0. The quantitative estimate of drug-likeness (QED) is 0.0535. The fourth-order valence-corrected chi connectivity index (χ4v) is 6.11. The molecule has 0 aliphatic carbocycles. The first kappa shape index (κ1) is 43.1. The van der Waals surface area contributed by atoms with Crippen molar-refractivity contribution in [3.8, 4) is 0 Å². The van der Waals surface area contributed by atoms with E-state index in [4.69, 9.17) is 4.74 Å². The van der Waals surface area contributed by atoms with Crippen molar-refractivity contribution in [3.63, 3.8) is 0 Å². The number of ether oxygens (including phenoxy) is 1. The number of hydrogen-bond acceptors (Lipinski definition) is 5. The van der Waals surface area contributed by atoms with Crippen molar-refractivity contribution in [2.45, 2.75) is 232 Å². The Bertz CT molecular complexity index is 607. The zero-order valence-corrected chi connectivity index (χ0v) is 29.6. The maximum Gasteiger partial charge on any atom is 0.306 e. The first-order valence-corrected chi connectivity index (χ1v) is 19.6. The molecule has 5 nitrogen and oxygen atoms in total. The molecule has 0 aliphatic rings. The van der Waals surface area contributed by atoms with Gasteiger partial charge in [-0.05, 0) is 12.8 Å². The summed E-state index contributed by atoms with van der Waals surface area (Å²) >= 11 is 0. The Balaban J connectivity index is 3.75. The number of carbonyl (C=O) groups excluding carboxylic acids is 2. The van der Waals surface area contributed by atoms with E-state index in [1.807, 2.05) is 0 Å². The van der Waals surface area contributed by atoms with Gasteiger partial charge in [-0.3, -0.25) is 9.59 Å². The van der Waals surface area contributed by atoms with Gasteiger partial charge in [-0.25, -0.2) is 0 Å². The highest BCUT2D eigenvalue weighted by Gasteiger charge is 2.29. The minimum Gasteiger partial charge on any atom is -0.451 e. The zero-order valence-electron chi connectivity index (χ0n) is 29.6. The van der Waals surface area contributed by atoms with Crippen molar-refractivity contribution in [2.75, 3.05) is 6.61 Å². The highest BCUT2D eigenvalue weighted by molar-refractivity contribution is 5.86.